The Morgan fingerprint density at radius 3 is 2.11 bits per heavy atom. The van der Waals surface area contributed by atoms with Crippen LogP contribution in [0.5, 0.6) is 0 Å². The molecule has 5 fully saturated rings. The van der Waals surface area contributed by atoms with Crippen LogP contribution in [0.3, 0.4) is 0 Å². The Labute approximate surface area is 116 Å². The van der Waals surface area contributed by atoms with Gasteiger partial charge in [-0.15, -0.1) is 0 Å². The lowest BCUT2D eigenvalue weighted by Crippen LogP contribution is -2.57. The minimum Gasteiger partial charge on any atom is -0.340 e. The van der Waals surface area contributed by atoms with E-state index in [-0.39, 0.29) is 5.41 Å². The summed E-state index contributed by atoms with van der Waals surface area (Å²) in [5.41, 5.74) is 0.0837. The molecule has 0 aromatic rings. The van der Waals surface area contributed by atoms with Gasteiger partial charge >= 0.3 is 0 Å². The van der Waals surface area contributed by atoms with E-state index in [4.69, 9.17) is 0 Å². The van der Waals surface area contributed by atoms with E-state index < -0.39 is 0 Å². The minimum atomic E-state index is 0.0837. The van der Waals surface area contributed by atoms with Crippen LogP contribution < -0.4 is 0 Å². The first-order valence-corrected chi connectivity index (χ1v) is 8.47. The number of piperidine rings is 1. The van der Waals surface area contributed by atoms with Crippen LogP contribution in [0, 0.1) is 23.2 Å². The number of amides is 1. The fourth-order valence-electron chi connectivity index (χ4n) is 6.08. The number of carbonyl (C=O) groups excluding carboxylic acids is 1. The van der Waals surface area contributed by atoms with Crippen LogP contribution >= 0.6 is 0 Å². The van der Waals surface area contributed by atoms with Gasteiger partial charge in [0, 0.05) is 12.6 Å². The van der Waals surface area contributed by atoms with Crippen LogP contribution in [-0.4, -0.2) is 23.4 Å². The summed E-state index contributed by atoms with van der Waals surface area (Å²) in [6, 6.07) is 0.495. The van der Waals surface area contributed by atoms with Gasteiger partial charge in [0.2, 0.25) is 5.91 Å². The Morgan fingerprint density at radius 2 is 1.58 bits per heavy atom. The van der Waals surface area contributed by atoms with E-state index >= 15 is 0 Å². The standard InChI is InChI=1S/C17H27NO/c1-12-4-2-3-5-18(12)16(19)17-9-13-6-14(10-17)8-15(7-13)11-17/h12-15H,2-11H2,1H3. The first kappa shape index (κ1) is 12.2. The molecule has 0 aromatic heterocycles. The van der Waals surface area contributed by atoms with Crippen LogP contribution in [0.2, 0.25) is 0 Å². The van der Waals surface area contributed by atoms with E-state index in [2.05, 4.69) is 11.8 Å². The summed E-state index contributed by atoms with van der Waals surface area (Å²) in [6.07, 6.45) is 11.7. The molecule has 1 unspecified atom stereocenters. The van der Waals surface area contributed by atoms with Gasteiger partial charge in [-0.2, -0.15) is 0 Å². The van der Waals surface area contributed by atoms with Crippen molar-refractivity contribution in [3.63, 3.8) is 0 Å². The van der Waals surface area contributed by atoms with Crippen molar-refractivity contribution in [1.29, 1.82) is 0 Å². The number of rotatable bonds is 1. The minimum absolute atomic E-state index is 0.0837. The van der Waals surface area contributed by atoms with Gasteiger partial charge in [-0.1, -0.05) is 0 Å². The molecule has 1 saturated heterocycles. The second kappa shape index (κ2) is 4.23. The highest BCUT2D eigenvalue weighted by molar-refractivity contribution is 5.83. The summed E-state index contributed by atoms with van der Waals surface area (Å²) in [7, 11) is 0. The maximum absolute atomic E-state index is 13.2. The molecule has 0 radical (unpaired) electrons. The van der Waals surface area contributed by atoms with Crippen molar-refractivity contribution in [2.24, 2.45) is 23.2 Å². The number of nitrogens with zero attached hydrogens (tertiary/aromatic N) is 1. The van der Waals surface area contributed by atoms with Gasteiger partial charge in [-0.05, 0) is 82.5 Å². The predicted octanol–water partition coefficient (Wildman–Crippen LogP) is 3.60. The van der Waals surface area contributed by atoms with Crippen molar-refractivity contribution in [1.82, 2.24) is 4.90 Å². The van der Waals surface area contributed by atoms with Crippen LogP contribution in [-0.2, 0) is 4.79 Å². The molecule has 106 valence electrons. The molecule has 4 aliphatic carbocycles. The van der Waals surface area contributed by atoms with E-state index in [1.165, 1.54) is 57.8 Å². The van der Waals surface area contributed by atoms with Crippen LogP contribution in [0.15, 0.2) is 0 Å². The van der Waals surface area contributed by atoms with Crippen molar-refractivity contribution in [2.45, 2.75) is 70.8 Å². The van der Waals surface area contributed by atoms with Gasteiger partial charge in [0.15, 0.2) is 0 Å². The highest BCUT2D eigenvalue weighted by atomic mass is 16.2. The Morgan fingerprint density at radius 1 is 1.00 bits per heavy atom. The summed E-state index contributed by atoms with van der Waals surface area (Å²) < 4.78 is 0. The normalized spacial score (nSPS) is 48.6. The van der Waals surface area contributed by atoms with Gasteiger partial charge in [0.1, 0.15) is 0 Å². The molecule has 0 N–H and O–H groups in total. The van der Waals surface area contributed by atoms with Gasteiger partial charge in [0.05, 0.1) is 5.41 Å². The summed E-state index contributed by atoms with van der Waals surface area (Å²) >= 11 is 0. The lowest BCUT2D eigenvalue weighted by molar-refractivity contribution is -0.161. The third kappa shape index (κ3) is 1.86. The molecule has 5 aliphatic rings. The third-order valence-electron chi connectivity index (χ3n) is 6.56. The fourth-order valence-corrected chi connectivity index (χ4v) is 6.08. The van der Waals surface area contributed by atoms with Gasteiger partial charge in [-0.3, -0.25) is 4.79 Å². The molecule has 0 aromatic carbocycles. The quantitative estimate of drug-likeness (QED) is 0.706. The Kier molecular flexibility index (Phi) is 2.72. The van der Waals surface area contributed by atoms with E-state index in [0.717, 1.165) is 24.3 Å². The monoisotopic (exact) mass is 261 g/mol. The lowest BCUT2D eigenvalue weighted by Gasteiger charge is -2.57. The van der Waals surface area contributed by atoms with Gasteiger partial charge in [0.25, 0.3) is 0 Å². The molecule has 0 spiro atoms. The second-order valence-corrected chi connectivity index (χ2v) is 8.04. The molecule has 5 rings (SSSR count). The third-order valence-corrected chi connectivity index (χ3v) is 6.56. The van der Waals surface area contributed by atoms with E-state index in [1.54, 1.807) is 0 Å². The van der Waals surface area contributed by atoms with E-state index in [1.807, 2.05) is 0 Å². The van der Waals surface area contributed by atoms with Crippen LogP contribution in [0.25, 0.3) is 0 Å². The lowest BCUT2D eigenvalue weighted by atomic mass is 9.49. The van der Waals surface area contributed by atoms with E-state index in [0.29, 0.717) is 11.9 Å². The van der Waals surface area contributed by atoms with Crippen molar-refractivity contribution >= 4 is 5.91 Å². The average molecular weight is 261 g/mol. The second-order valence-electron chi connectivity index (χ2n) is 8.04. The van der Waals surface area contributed by atoms with Crippen molar-refractivity contribution in [2.75, 3.05) is 6.54 Å². The van der Waals surface area contributed by atoms with Gasteiger partial charge in [-0.25, -0.2) is 0 Å². The fraction of sp³-hybridized carbons (Fsp3) is 0.941. The van der Waals surface area contributed by atoms with Crippen molar-refractivity contribution in [3.05, 3.63) is 0 Å². The Bertz CT molecular complexity index is 353. The Hall–Kier alpha value is -0.530. The molecular formula is C17H27NO. The number of carbonyl (C=O) groups is 1. The van der Waals surface area contributed by atoms with Crippen LogP contribution in [0.1, 0.15) is 64.7 Å². The number of hydrogen-bond donors (Lipinski definition) is 0. The molecule has 2 nitrogen and oxygen atoms in total. The molecular weight excluding hydrogens is 234 g/mol. The molecule has 4 saturated carbocycles. The Balaban J connectivity index is 1.59. The summed E-state index contributed by atoms with van der Waals surface area (Å²) in [4.78, 5) is 15.4. The average Bonchev–Trinajstić information content (AvgIpc) is 2.37. The topological polar surface area (TPSA) is 20.3 Å². The maximum atomic E-state index is 13.2. The van der Waals surface area contributed by atoms with Crippen molar-refractivity contribution < 1.29 is 4.79 Å². The zero-order valence-corrected chi connectivity index (χ0v) is 12.2. The summed E-state index contributed by atoms with van der Waals surface area (Å²) in [5.74, 6) is 3.21. The molecule has 4 bridgehead atoms. The zero-order valence-electron chi connectivity index (χ0n) is 12.2. The molecule has 1 aliphatic heterocycles. The highest BCUT2D eigenvalue weighted by Crippen LogP contribution is 2.60. The molecule has 1 atom stereocenters. The van der Waals surface area contributed by atoms with E-state index in [9.17, 15) is 4.79 Å². The number of likely N-dealkylation sites (tertiary alicyclic amines) is 1. The smallest absolute Gasteiger partial charge is 0.229 e. The number of hydrogen-bond acceptors (Lipinski definition) is 1. The largest absolute Gasteiger partial charge is 0.340 e. The van der Waals surface area contributed by atoms with Gasteiger partial charge < -0.3 is 4.90 Å². The highest BCUT2D eigenvalue weighted by Gasteiger charge is 2.55. The first-order chi connectivity index (χ1) is 9.16. The molecule has 1 amide bonds. The van der Waals surface area contributed by atoms with Crippen LogP contribution in [0.4, 0.5) is 0 Å². The SMILES string of the molecule is CC1CCCCN1C(=O)C12CC3CC(CC(C3)C1)C2. The zero-order chi connectivity index (χ0) is 13.0. The summed E-state index contributed by atoms with van der Waals surface area (Å²) in [6.45, 7) is 3.29. The predicted molar refractivity (Wildman–Crippen MR) is 75.6 cm³/mol. The molecule has 1 heterocycles. The first-order valence-electron chi connectivity index (χ1n) is 8.47. The maximum Gasteiger partial charge on any atom is 0.229 e. The molecule has 19 heavy (non-hydrogen) atoms. The molecule has 2 heteroatoms. The van der Waals surface area contributed by atoms with Crippen molar-refractivity contribution in [3.8, 4) is 0 Å². The summed E-state index contributed by atoms with van der Waals surface area (Å²) in [5, 5.41) is 0.